The van der Waals surface area contributed by atoms with E-state index in [1.54, 1.807) is 0 Å². The minimum atomic E-state index is 0.311. The first-order valence-corrected chi connectivity index (χ1v) is 5.36. The largest absolute Gasteiger partial charge is 0.457 e. The number of benzene rings is 2. The van der Waals surface area contributed by atoms with Crippen LogP contribution in [0.1, 0.15) is 11.7 Å². The Bertz CT molecular complexity index is 458. The van der Waals surface area contributed by atoms with Crippen LogP contribution in [0, 0.1) is 0 Å². The molecule has 2 heteroatoms. The molecule has 1 aliphatic heterocycles. The van der Waals surface area contributed by atoms with Gasteiger partial charge < -0.3 is 9.47 Å². The molecule has 80 valence electrons. The van der Waals surface area contributed by atoms with Crippen molar-refractivity contribution in [3.05, 3.63) is 60.2 Å². The van der Waals surface area contributed by atoms with Gasteiger partial charge in [-0.25, -0.2) is 0 Å². The van der Waals surface area contributed by atoms with E-state index in [0.29, 0.717) is 6.10 Å². The van der Waals surface area contributed by atoms with Crippen LogP contribution < -0.4 is 4.74 Å². The summed E-state index contributed by atoms with van der Waals surface area (Å²) in [6, 6.07) is 17.8. The molecule has 0 spiro atoms. The van der Waals surface area contributed by atoms with Crippen LogP contribution in [-0.4, -0.2) is 6.61 Å². The summed E-state index contributed by atoms with van der Waals surface area (Å²) in [5, 5.41) is 0. The van der Waals surface area contributed by atoms with Crippen LogP contribution in [0.15, 0.2) is 54.6 Å². The lowest BCUT2D eigenvalue weighted by Gasteiger charge is -2.05. The maximum Gasteiger partial charge on any atom is 0.127 e. The summed E-state index contributed by atoms with van der Waals surface area (Å²) in [6.45, 7) is 0.846. The van der Waals surface area contributed by atoms with E-state index in [-0.39, 0.29) is 0 Å². The summed E-state index contributed by atoms with van der Waals surface area (Å²) in [5.41, 5.74) is 1.22. The van der Waals surface area contributed by atoms with Gasteiger partial charge in [0.05, 0.1) is 6.61 Å². The van der Waals surface area contributed by atoms with Crippen LogP contribution in [-0.2, 0) is 4.74 Å². The molecule has 0 amide bonds. The summed E-state index contributed by atoms with van der Waals surface area (Å²) in [7, 11) is 0. The van der Waals surface area contributed by atoms with E-state index in [1.165, 1.54) is 5.56 Å². The van der Waals surface area contributed by atoms with Crippen LogP contribution >= 0.6 is 0 Å². The third-order valence-corrected chi connectivity index (χ3v) is 2.56. The molecule has 1 atom stereocenters. The van der Waals surface area contributed by atoms with Crippen LogP contribution in [0.5, 0.6) is 11.5 Å². The van der Waals surface area contributed by atoms with Gasteiger partial charge in [0.25, 0.3) is 0 Å². The Morgan fingerprint density at radius 3 is 2.12 bits per heavy atom. The molecule has 2 nitrogen and oxygen atoms in total. The van der Waals surface area contributed by atoms with E-state index in [2.05, 4.69) is 12.1 Å². The summed E-state index contributed by atoms with van der Waals surface area (Å²) >= 11 is 0. The van der Waals surface area contributed by atoms with Crippen molar-refractivity contribution in [2.24, 2.45) is 0 Å². The van der Waals surface area contributed by atoms with Crippen LogP contribution in [0.25, 0.3) is 0 Å². The molecule has 0 bridgehead atoms. The molecule has 0 aliphatic carbocycles. The number of hydrogen-bond donors (Lipinski definition) is 0. The van der Waals surface area contributed by atoms with Crippen LogP contribution in [0.4, 0.5) is 0 Å². The molecular weight excluding hydrogens is 200 g/mol. The van der Waals surface area contributed by atoms with Gasteiger partial charge in [0.2, 0.25) is 0 Å². The van der Waals surface area contributed by atoms with Crippen LogP contribution in [0.2, 0.25) is 0 Å². The maximum atomic E-state index is 5.69. The number of ether oxygens (including phenoxy) is 2. The lowest BCUT2D eigenvalue weighted by atomic mass is 10.1. The van der Waals surface area contributed by atoms with Crippen molar-refractivity contribution in [2.75, 3.05) is 6.61 Å². The Balaban J connectivity index is 1.75. The van der Waals surface area contributed by atoms with E-state index in [9.17, 15) is 0 Å². The van der Waals surface area contributed by atoms with Gasteiger partial charge in [-0.2, -0.15) is 0 Å². The molecule has 1 heterocycles. The fraction of sp³-hybridized carbons (Fsp3) is 0.143. The minimum absolute atomic E-state index is 0.311. The summed E-state index contributed by atoms with van der Waals surface area (Å²) < 4.78 is 10.9. The molecule has 0 saturated carbocycles. The van der Waals surface area contributed by atoms with Crippen molar-refractivity contribution >= 4 is 0 Å². The first-order valence-electron chi connectivity index (χ1n) is 5.36. The second-order valence-electron chi connectivity index (χ2n) is 3.81. The second kappa shape index (κ2) is 3.99. The molecule has 0 aromatic heterocycles. The zero-order chi connectivity index (χ0) is 10.8. The number of hydrogen-bond acceptors (Lipinski definition) is 2. The van der Waals surface area contributed by atoms with E-state index in [0.717, 1.165) is 18.1 Å². The molecule has 0 unspecified atom stereocenters. The molecular formula is C14H12O2. The summed E-state index contributed by atoms with van der Waals surface area (Å²) in [5.74, 6) is 1.72. The predicted molar refractivity (Wildman–Crippen MR) is 61.7 cm³/mol. The van der Waals surface area contributed by atoms with Gasteiger partial charge in [-0.15, -0.1) is 0 Å². The average molecular weight is 212 g/mol. The van der Waals surface area contributed by atoms with E-state index in [4.69, 9.17) is 9.47 Å². The predicted octanol–water partition coefficient (Wildman–Crippen LogP) is 3.55. The lowest BCUT2D eigenvalue weighted by Crippen LogP contribution is -1.85. The van der Waals surface area contributed by atoms with Crippen LogP contribution in [0.3, 0.4) is 0 Å². The lowest BCUT2D eigenvalue weighted by molar-refractivity contribution is 0.415. The van der Waals surface area contributed by atoms with Gasteiger partial charge >= 0.3 is 0 Å². The molecule has 2 aromatic carbocycles. The highest BCUT2D eigenvalue weighted by molar-refractivity contribution is 5.34. The van der Waals surface area contributed by atoms with Gasteiger partial charge in [0.1, 0.15) is 17.6 Å². The van der Waals surface area contributed by atoms with Gasteiger partial charge in [0.15, 0.2) is 0 Å². The maximum absolute atomic E-state index is 5.69. The van der Waals surface area contributed by atoms with Crippen molar-refractivity contribution in [1.82, 2.24) is 0 Å². The highest BCUT2D eigenvalue weighted by atomic mass is 16.6. The van der Waals surface area contributed by atoms with E-state index in [1.807, 2.05) is 42.5 Å². The number of para-hydroxylation sites is 1. The zero-order valence-electron chi connectivity index (χ0n) is 8.80. The quantitative estimate of drug-likeness (QED) is 0.726. The monoisotopic (exact) mass is 212 g/mol. The Morgan fingerprint density at radius 2 is 1.50 bits per heavy atom. The molecule has 1 aliphatic rings. The van der Waals surface area contributed by atoms with Gasteiger partial charge in [-0.1, -0.05) is 30.3 Å². The first kappa shape index (κ1) is 9.43. The average Bonchev–Trinajstić information content (AvgIpc) is 3.15. The zero-order valence-corrected chi connectivity index (χ0v) is 8.80. The van der Waals surface area contributed by atoms with E-state index >= 15 is 0 Å². The smallest absolute Gasteiger partial charge is 0.127 e. The van der Waals surface area contributed by atoms with Crippen molar-refractivity contribution in [2.45, 2.75) is 6.10 Å². The Morgan fingerprint density at radius 1 is 0.875 bits per heavy atom. The minimum Gasteiger partial charge on any atom is -0.457 e. The topological polar surface area (TPSA) is 21.8 Å². The molecule has 2 aromatic rings. The summed E-state index contributed by atoms with van der Waals surface area (Å²) in [6.07, 6.45) is 0.311. The number of epoxide rings is 1. The Hall–Kier alpha value is -1.80. The molecule has 16 heavy (non-hydrogen) atoms. The molecule has 1 saturated heterocycles. The van der Waals surface area contributed by atoms with E-state index < -0.39 is 0 Å². The van der Waals surface area contributed by atoms with Crippen molar-refractivity contribution < 1.29 is 9.47 Å². The molecule has 3 rings (SSSR count). The normalized spacial score (nSPS) is 18.1. The molecule has 0 N–H and O–H groups in total. The standard InChI is InChI=1S/C14H12O2/c1-2-4-12(5-3-1)16-13-8-6-11(7-9-13)14-10-15-14/h1-9,14H,10H2/t14-/m0/s1. The van der Waals surface area contributed by atoms with Gasteiger partial charge in [-0.3, -0.25) is 0 Å². The molecule has 0 radical (unpaired) electrons. The highest BCUT2D eigenvalue weighted by Crippen LogP contribution is 2.31. The van der Waals surface area contributed by atoms with Crippen molar-refractivity contribution in [3.8, 4) is 11.5 Å². The fourth-order valence-corrected chi connectivity index (χ4v) is 1.62. The summed E-state index contributed by atoms with van der Waals surface area (Å²) in [4.78, 5) is 0. The highest BCUT2D eigenvalue weighted by Gasteiger charge is 2.24. The third kappa shape index (κ3) is 2.07. The first-order chi connectivity index (χ1) is 7.92. The Labute approximate surface area is 94.4 Å². The SMILES string of the molecule is c1ccc(Oc2ccc([C@@H]3CO3)cc2)cc1. The fourth-order valence-electron chi connectivity index (χ4n) is 1.62. The third-order valence-electron chi connectivity index (χ3n) is 2.56. The second-order valence-corrected chi connectivity index (χ2v) is 3.81. The molecule has 1 fully saturated rings. The van der Waals surface area contributed by atoms with Gasteiger partial charge in [0, 0.05) is 0 Å². The van der Waals surface area contributed by atoms with Gasteiger partial charge in [-0.05, 0) is 29.8 Å². The number of rotatable bonds is 3. The van der Waals surface area contributed by atoms with Crippen molar-refractivity contribution in [3.63, 3.8) is 0 Å². The van der Waals surface area contributed by atoms with Crippen molar-refractivity contribution in [1.29, 1.82) is 0 Å². The Kier molecular flexibility index (Phi) is 2.35.